The molecule has 1 fully saturated rings. The molecule has 1 aliphatic rings. The molecule has 1 heterocycles. The molecule has 1 unspecified atom stereocenters. The summed E-state index contributed by atoms with van der Waals surface area (Å²) in [7, 11) is 1.90. The molecule has 30 heavy (non-hydrogen) atoms. The van der Waals surface area contributed by atoms with Crippen molar-refractivity contribution < 1.29 is 14.7 Å². The molecule has 0 radical (unpaired) electrons. The number of rotatable bonds is 8. The van der Waals surface area contributed by atoms with Crippen LogP contribution < -0.4 is 10.2 Å². The highest BCUT2D eigenvalue weighted by atomic mass is 16.4. The van der Waals surface area contributed by atoms with Gasteiger partial charge < -0.3 is 15.3 Å². The van der Waals surface area contributed by atoms with Crippen molar-refractivity contribution in [3.63, 3.8) is 0 Å². The lowest BCUT2D eigenvalue weighted by molar-refractivity contribution is -0.142. The van der Waals surface area contributed by atoms with Crippen molar-refractivity contribution >= 4 is 29.6 Å². The van der Waals surface area contributed by atoms with Crippen LogP contribution in [0.5, 0.6) is 0 Å². The lowest BCUT2D eigenvalue weighted by Gasteiger charge is -2.22. The predicted molar refractivity (Wildman–Crippen MR) is 116 cm³/mol. The molecule has 0 aliphatic heterocycles. The zero-order valence-electron chi connectivity index (χ0n) is 17.2. The van der Waals surface area contributed by atoms with E-state index in [4.69, 9.17) is 0 Å². The monoisotopic (exact) mass is 408 g/mol. The number of carboxylic acids is 1. The average molecular weight is 409 g/mol. The molecule has 2 aromatic rings. The molecule has 2 N–H and O–H groups in total. The maximum atomic E-state index is 12.4. The molecule has 1 aromatic carbocycles. The summed E-state index contributed by atoms with van der Waals surface area (Å²) in [6.07, 6.45) is 12.2. The highest BCUT2D eigenvalue weighted by Gasteiger charge is 2.25. The number of aromatic nitrogens is 2. The smallest absolute Gasteiger partial charge is 0.326 e. The summed E-state index contributed by atoms with van der Waals surface area (Å²) < 4.78 is 0. The van der Waals surface area contributed by atoms with Crippen LogP contribution in [0.3, 0.4) is 0 Å². The molecule has 1 aliphatic carbocycles. The van der Waals surface area contributed by atoms with E-state index in [1.807, 2.05) is 42.3 Å². The Kier molecular flexibility index (Phi) is 7.54. The molecule has 1 aromatic heterocycles. The second-order valence-electron chi connectivity index (χ2n) is 7.57. The minimum absolute atomic E-state index is 0.0530. The fourth-order valence-electron chi connectivity index (χ4n) is 3.60. The third kappa shape index (κ3) is 5.89. The largest absolute Gasteiger partial charge is 0.480 e. The standard InChI is InChI=1S/C23H28N4O3/c1-27(23-24-15-6-16-25-23)19-13-11-17(12-14-19)7-5-10-20(22(29)30)26-21(28)18-8-3-2-4-9-18/h5-7,11-16,18,20H,2-4,8-10H2,1H3,(H,26,28)(H,29,30). The maximum absolute atomic E-state index is 12.4. The Bertz CT molecular complexity index is 862. The van der Waals surface area contributed by atoms with E-state index < -0.39 is 12.0 Å². The molecule has 0 bridgehead atoms. The Morgan fingerprint density at radius 3 is 2.47 bits per heavy atom. The first-order valence-corrected chi connectivity index (χ1v) is 10.3. The van der Waals surface area contributed by atoms with Gasteiger partial charge in [0.2, 0.25) is 11.9 Å². The predicted octanol–water partition coefficient (Wildman–Crippen LogP) is 3.80. The van der Waals surface area contributed by atoms with E-state index in [1.54, 1.807) is 24.5 Å². The van der Waals surface area contributed by atoms with E-state index in [-0.39, 0.29) is 18.2 Å². The molecule has 7 heteroatoms. The molecule has 3 rings (SSSR count). The summed E-state index contributed by atoms with van der Waals surface area (Å²) in [5.41, 5.74) is 1.89. The Morgan fingerprint density at radius 1 is 1.17 bits per heavy atom. The van der Waals surface area contributed by atoms with Crippen LogP contribution in [0.25, 0.3) is 6.08 Å². The van der Waals surface area contributed by atoms with Gasteiger partial charge in [-0.2, -0.15) is 0 Å². The molecule has 1 amide bonds. The Morgan fingerprint density at radius 2 is 1.83 bits per heavy atom. The van der Waals surface area contributed by atoms with Gasteiger partial charge in [-0.15, -0.1) is 0 Å². The fraction of sp³-hybridized carbons (Fsp3) is 0.391. The van der Waals surface area contributed by atoms with Crippen LogP contribution in [0.2, 0.25) is 0 Å². The number of benzene rings is 1. The zero-order chi connectivity index (χ0) is 21.3. The summed E-state index contributed by atoms with van der Waals surface area (Å²) in [4.78, 5) is 34.2. The van der Waals surface area contributed by atoms with E-state index in [0.717, 1.165) is 43.4 Å². The number of nitrogens with one attached hydrogen (secondary N) is 1. The van der Waals surface area contributed by atoms with Crippen molar-refractivity contribution in [1.82, 2.24) is 15.3 Å². The van der Waals surface area contributed by atoms with E-state index in [9.17, 15) is 14.7 Å². The van der Waals surface area contributed by atoms with Crippen molar-refractivity contribution in [2.24, 2.45) is 5.92 Å². The van der Waals surface area contributed by atoms with Crippen LogP contribution >= 0.6 is 0 Å². The second-order valence-corrected chi connectivity index (χ2v) is 7.57. The van der Waals surface area contributed by atoms with Gasteiger partial charge in [0.05, 0.1) is 0 Å². The maximum Gasteiger partial charge on any atom is 0.326 e. The summed E-state index contributed by atoms with van der Waals surface area (Å²) in [6.45, 7) is 0. The topological polar surface area (TPSA) is 95.4 Å². The zero-order valence-corrected chi connectivity index (χ0v) is 17.2. The van der Waals surface area contributed by atoms with Crippen LogP contribution in [0.1, 0.15) is 44.1 Å². The number of carbonyl (C=O) groups is 2. The first-order valence-electron chi connectivity index (χ1n) is 10.3. The van der Waals surface area contributed by atoms with Gasteiger partial charge in [-0.25, -0.2) is 14.8 Å². The van der Waals surface area contributed by atoms with Gasteiger partial charge in [-0.3, -0.25) is 4.79 Å². The number of carbonyl (C=O) groups excluding carboxylic acids is 1. The van der Waals surface area contributed by atoms with Crippen molar-refractivity contribution in [2.75, 3.05) is 11.9 Å². The lowest BCUT2D eigenvalue weighted by Crippen LogP contribution is -2.43. The first-order chi connectivity index (χ1) is 14.5. The van der Waals surface area contributed by atoms with E-state index in [0.29, 0.717) is 5.95 Å². The normalized spacial score (nSPS) is 15.6. The minimum Gasteiger partial charge on any atom is -0.480 e. The average Bonchev–Trinajstić information content (AvgIpc) is 2.79. The molecule has 0 spiro atoms. The Hall–Kier alpha value is -3.22. The molecule has 158 valence electrons. The highest BCUT2D eigenvalue weighted by molar-refractivity contribution is 5.85. The molecule has 1 atom stereocenters. The van der Waals surface area contributed by atoms with Crippen molar-refractivity contribution in [3.8, 4) is 0 Å². The second kappa shape index (κ2) is 10.5. The number of hydrogen-bond donors (Lipinski definition) is 2. The van der Waals surface area contributed by atoms with E-state index in [1.165, 1.54) is 0 Å². The summed E-state index contributed by atoms with van der Waals surface area (Å²) in [6, 6.07) is 8.66. The number of nitrogens with zero attached hydrogens (tertiary/aromatic N) is 3. The SMILES string of the molecule is CN(c1ccc(C=CCC(NC(=O)C2CCCCC2)C(=O)O)cc1)c1ncccn1. The fourth-order valence-corrected chi connectivity index (χ4v) is 3.60. The van der Waals surface area contributed by atoms with Gasteiger partial charge in [0.1, 0.15) is 6.04 Å². The molecule has 1 saturated carbocycles. The molecule has 0 saturated heterocycles. The molecular formula is C23H28N4O3. The number of anilines is 2. The van der Waals surface area contributed by atoms with Crippen molar-refractivity contribution in [2.45, 2.75) is 44.6 Å². The highest BCUT2D eigenvalue weighted by Crippen LogP contribution is 2.24. The van der Waals surface area contributed by atoms with Crippen LogP contribution in [0, 0.1) is 5.92 Å². The molecular weight excluding hydrogens is 380 g/mol. The van der Waals surface area contributed by atoms with Gasteiger partial charge in [0.25, 0.3) is 0 Å². The Balaban J connectivity index is 1.56. The van der Waals surface area contributed by atoms with Gasteiger partial charge in [-0.05, 0) is 43.0 Å². The minimum atomic E-state index is -1.01. The van der Waals surface area contributed by atoms with Gasteiger partial charge in [0.15, 0.2) is 0 Å². The van der Waals surface area contributed by atoms with E-state index in [2.05, 4.69) is 15.3 Å². The van der Waals surface area contributed by atoms with Gasteiger partial charge in [-0.1, -0.05) is 43.5 Å². The summed E-state index contributed by atoms with van der Waals surface area (Å²) in [5.74, 6) is -0.587. The third-order valence-corrected chi connectivity index (χ3v) is 5.41. The van der Waals surface area contributed by atoms with Crippen LogP contribution in [-0.4, -0.2) is 40.0 Å². The van der Waals surface area contributed by atoms with Crippen molar-refractivity contribution in [1.29, 1.82) is 0 Å². The van der Waals surface area contributed by atoms with Crippen LogP contribution in [-0.2, 0) is 9.59 Å². The van der Waals surface area contributed by atoms with Crippen molar-refractivity contribution in [3.05, 3.63) is 54.4 Å². The quantitative estimate of drug-likeness (QED) is 0.690. The number of aliphatic carboxylic acids is 1. The third-order valence-electron chi connectivity index (χ3n) is 5.41. The first kappa shape index (κ1) is 21.5. The number of amides is 1. The summed E-state index contributed by atoms with van der Waals surface area (Å²) in [5, 5.41) is 12.2. The number of hydrogen-bond acceptors (Lipinski definition) is 5. The van der Waals surface area contributed by atoms with E-state index >= 15 is 0 Å². The number of carboxylic acid groups (broad SMARTS) is 1. The van der Waals surface area contributed by atoms with Crippen LogP contribution in [0.4, 0.5) is 11.6 Å². The summed E-state index contributed by atoms with van der Waals surface area (Å²) >= 11 is 0. The lowest BCUT2D eigenvalue weighted by atomic mass is 9.88. The molecule has 7 nitrogen and oxygen atoms in total. The van der Waals surface area contributed by atoms with Gasteiger partial charge in [0, 0.05) is 31.0 Å². The Labute approximate surface area is 176 Å². The van der Waals surface area contributed by atoms with Gasteiger partial charge >= 0.3 is 5.97 Å². The van der Waals surface area contributed by atoms with Crippen LogP contribution in [0.15, 0.2) is 48.8 Å².